The van der Waals surface area contributed by atoms with Crippen molar-refractivity contribution in [2.24, 2.45) is 0 Å². The van der Waals surface area contributed by atoms with E-state index in [4.69, 9.17) is 5.11 Å². The average molecular weight is 276 g/mol. The third-order valence-electron chi connectivity index (χ3n) is 1.79. The number of carboxylic acids is 1. The number of aliphatic hydroxyl groups is 1. The molecule has 0 aromatic carbocycles. The highest BCUT2D eigenvalue weighted by molar-refractivity contribution is 9.10. The highest BCUT2D eigenvalue weighted by Crippen LogP contribution is 2.02. The number of aromatic nitrogens is 1. The summed E-state index contributed by atoms with van der Waals surface area (Å²) < 4.78 is 1.64. The fraction of sp³-hybridized carbons (Fsp3) is 0.333. The maximum atomic E-state index is 11.4. The fourth-order valence-corrected chi connectivity index (χ4v) is 1.52. The maximum absolute atomic E-state index is 11.4. The topological polar surface area (TPSA) is 79.5 Å². The Kier molecular flexibility index (Phi) is 4.05. The van der Waals surface area contributed by atoms with E-state index in [-0.39, 0.29) is 18.5 Å². The molecule has 0 aliphatic carbocycles. The molecule has 1 atom stereocenters. The van der Waals surface area contributed by atoms with E-state index in [1.54, 1.807) is 12.1 Å². The molecule has 0 amide bonds. The van der Waals surface area contributed by atoms with Crippen LogP contribution >= 0.6 is 15.9 Å². The SMILES string of the molecule is O=C(O)CC(O)Cn1cccc(Br)c1=O. The highest BCUT2D eigenvalue weighted by Gasteiger charge is 2.11. The standard InChI is InChI=1S/C9H10BrNO4/c10-7-2-1-3-11(9(7)15)5-6(12)4-8(13)14/h1-3,6,12H,4-5H2,(H,13,14). The Morgan fingerprint density at radius 3 is 2.87 bits per heavy atom. The third-order valence-corrected chi connectivity index (χ3v) is 2.39. The zero-order valence-corrected chi connectivity index (χ0v) is 9.35. The Balaban J connectivity index is 2.77. The third kappa shape index (κ3) is 3.49. The van der Waals surface area contributed by atoms with Crippen molar-refractivity contribution in [2.45, 2.75) is 19.1 Å². The molecule has 1 aromatic heterocycles. The fourth-order valence-electron chi connectivity index (χ4n) is 1.14. The monoisotopic (exact) mass is 275 g/mol. The van der Waals surface area contributed by atoms with Crippen molar-refractivity contribution < 1.29 is 15.0 Å². The lowest BCUT2D eigenvalue weighted by Crippen LogP contribution is -2.27. The molecule has 0 radical (unpaired) electrons. The summed E-state index contributed by atoms with van der Waals surface area (Å²) in [5.41, 5.74) is -0.290. The van der Waals surface area contributed by atoms with Crippen LogP contribution in [0.15, 0.2) is 27.6 Å². The van der Waals surface area contributed by atoms with E-state index in [1.807, 2.05) is 0 Å². The Labute approximate surface area is 94.1 Å². The quantitative estimate of drug-likeness (QED) is 0.836. The van der Waals surface area contributed by atoms with Gasteiger partial charge in [0.1, 0.15) is 0 Å². The van der Waals surface area contributed by atoms with Crippen molar-refractivity contribution in [3.63, 3.8) is 0 Å². The van der Waals surface area contributed by atoms with Gasteiger partial charge in [-0.3, -0.25) is 9.59 Å². The number of halogens is 1. The lowest BCUT2D eigenvalue weighted by Gasteiger charge is -2.10. The highest BCUT2D eigenvalue weighted by atomic mass is 79.9. The summed E-state index contributed by atoms with van der Waals surface area (Å²) in [6, 6.07) is 3.22. The summed E-state index contributed by atoms with van der Waals surface area (Å²) in [4.78, 5) is 21.7. The van der Waals surface area contributed by atoms with E-state index in [1.165, 1.54) is 10.8 Å². The summed E-state index contributed by atoms with van der Waals surface area (Å²) in [7, 11) is 0. The first-order valence-electron chi connectivity index (χ1n) is 4.25. The van der Waals surface area contributed by atoms with E-state index >= 15 is 0 Å². The minimum Gasteiger partial charge on any atom is -0.481 e. The number of carbonyl (C=O) groups is 1. The van der Waals surface area contributed by atoms with Crippen LogP contribution in [-0.4, -0.2) is 26.9 Å². The lowest BCUT2D eigenvalue weighted by molar-refractivity contribution is -0.139. The van der Waals surface area contributed by atoms with Gasteiger partial charge in [-0.1, -0.05) is 0 Å². The van der Waals surface area contributed by atoms with Gasteiger partial charge in [0, 0.05) is 6.20 Å². The van der Waals surface area contributed by atoms with E-state index in [2.05, 4.69) is 15.9 Å². The predicted molar refractivity (Wildman–Crippen MR) is 56.7 cm³/mol. The summed E-state index contributed by atoms with van der Waals surface area (Å²) >= 11 is 3.06. The molecule has 0 spiro atoms. The molecule has 1 unspecified atom stereocenters. The minimum absolute atomic E-state index is 0.0232. The van der Waals surface area contributed by atoms with E-state index < -0.39 is 12.1 Å². The number of hydrogen-bond donors (Lipinski definition) is 2. The van der Waals surface area contributed by atoms with Gasteiger partial charge in [-0.15, -0.1) is 0 Å². The van der Waals surface area contributed by atoms with Crippen LogP contribution in [-0.2, 0) is 11.3 Å². The molecule has 0 saturated carbocycles. The molecule has 1 aromatic rings. The normalized spacial score (nSPS) is 12.4. The van der Waals surface area contributed by atoms with Gasteiger partial charge in [-0.25, -0.2) is 0 Å². The van der Waals surface area contributed by atoms with Crippen LogP contribution < -0.4 is 5.56 Å². The molecule has 0 aliphatic rings. The van der Waals surface area contributed by atoms with Crippen molar-refractivity contribution in [1.29, 1.82) is 0 Å². The number of aliphatic carboxylic acids is 1. The molecule has 5 nitrogen and oxygen atoms in total. The molecule has 2 N–H and O–H groups in total. The van der Waals surface area contributed by atoms with Crippen molar-refractivity contribution in [2.75, 3.05) is 0 Å². The first kappa shape index (κ1) is 11.9. The van der Waals surface area contributed by atoms with Gasteiger partial charge >= 0.3 is 5.97 Å². The molecule has 0 saturated heterocycles. The maximum Gasteiger partial charge on any atom is 0.306 e. The van der Waals surface area contributed by atoms with Gasteiger partial charge in [0.25, 0.3) is 5.56 Å². The first-order chi connectivity index (χ1) is 7.00. The van der Waals surface area contributed by atoms with Crippen LogP contribution in [0, 0.1) is 0 Å². The molecule has 1 rings (SSSR count). The lowest BCUT2D eigenvalue weighted by atomic mass is 10.2. The molecular weight excluding hydrogens is 266 g/mol. The summed E-state index contributed by atoms with van der Waals surface area (Å²) in [5.74, 6) is -1.09. The first-order valence-corrected chi connectivity index (χ1v) is 5.05. The van der Waals surface area contributed by atoms with Gasteiger partial charge in [-0.2, -0.15) is 0 Å². The van der Waals surface area contributed by atoms with Gasteiger partial charge in [0.15, 0.2) is 0 Å². The molecular formula is C9H10BrNO4. The van der Waals surface area contributed by atoms with Crippen LogP contribution in [0.1, 0.15) is 6.42 Å². The largest absolute Gasteiger partial charge is 0.481 e. The summed E-state index contributed by atoms with van der Waals surface area (Å²) in [6.45, 7) is -0.0232. The number of aliphatic hydroxyl groups excluding tert-OH is 1. The Bertz CT molecular complexity index is 415. The Morgan fingerprint density at radius 2 is 2.27 bits per heavy atom. The zero-order chi connectivity index (χ0) is 11.4. The van der Waals surface area contributed by atoms with Crippen molar-refractivity contribution >= 4 is 21.9 Å². The zero-order valence-electron chi connectivity index (χ0n) is 7.76. The van der Waals surface area contributed by atoms with E-state index in [9.17, 15) is 14.7 Å². The van der Waals surface area contributed by atoms with E-state index in [0.717, 1.165) is 0 Å². The average Bonchev–Trinajstić information content (AvgIpc) is 2.11. The van der Waals surface area contributed by atoms with Crippen LogP contribution in [0.5, 0.6) is 0 Å². The number of hydrogen-bond acceptors (Lipinski definition) is 3. The molecule has 15 heavy (non-hydrogen) atoms. The van der Waals surface area contributed by atoms with Crippen LogP contribution in [0.25, 0.3) is 0 Å². The predicted octanol–water partition coefficient (Wildman–Crippen LogP) is 0.446. The summed E-state index contributed by atoms with van der Waals surface area (Å²) in [6.07, 6.45) is 0.0615. The summed E-state index contributed by atoms with van der Waals surface area (Å²) in [5, 5.41) is 17.8. The number of pyridine rings is 1. The number of carboxylic acid groups (broad SMARTS) is 1. The second-order valence-corrected chi connectivity index (χ2v) is 3.92. The molecule has 0 fully saturated rings. The molecule has 6 heteroatoms. The number of nitrogens with zero attached hydrogens (tertiary/aromatic N) is 1. The van der Waals surface area contributed by atoms with Gasteiger partial charge in [-0.05, 0) is 28.1 Å². The molecule has 0 aliphatic heterocycles. The van der Waals surface area contributed by atoms with Crippen LogP contribution in [0.4, 0.5) is 0 Å². The van der Waals surface area contributed by atoms with Gasteiger partial charge in [0.2, 0.25) is 0 Å². The van der Waals surface area contributed by atoms with Crippen molar-refractivity contribution in [3.05, 3.63) is 33.2 Å². The Hall–Kier alpha value is -1.14. The van der Waals surface area contributed by atoms with Crippen LogP contribution in [0.3, 0.4) is 0 Å². The van der Waals surface area contributed by atoms with Gasteiger partial charge in [0.05, 0.1) is 23.5 Å². The van der Waals surface area contributed by atoms with E-state index in [0.29, 0.717) is 4.47 Å². The molecule has 82 valence electrons. The van der Waals surface area contributed by atoms with Crippen molar-refractivity contribution in [1.82, 2.24) is 4.57 Å². The van der Waals surface area contributed by atoms with Crippen molar-refractivity contribution in [3.8, 4) is 0 Å². The van der Waals surface area contributed by atoms with Crippen LogP contribution in [0.2, 0.25) is 0 Å². The number of rotatable bonds is 4. The minimum atomic E-state index is -1.09. The molecule has 1 heterocycles. The van der Waals surface area contributed by atoms with Gasteiger partial charge < -0.3 is 14.8 Å². The smallest absolute Gasteiger partial charge is 0.306 e. The second-order valence-electron chi connectivity index (χ2n) is 3.07. The second kappa shape index (κ2) is 5.09. The molecule has 0 bridgehead atoms. The Morgan fingerprint density at radius 1 is 1.60 bits per heavy atom.